The standard InChI is InChI=1S/C16H30N2/c1-3-8-14(2)18-12-7-11-17-16(13-18)15-9-5-4-6-10-15/h3,14-17H,1,4-13H2,2H3. The molecule has 1 N–H and O–H groups in total. The van der Waals surface area contributed by atoms with Crippen molar-refractivity contribution in [1.29, 1.82) is 0 Å². The summed E-state index contributed by atoms with van der Waals surface area (Å²) in [6.07, 6.45) is 11.7. The van der Waals surface area contributed by atoms with Crippen molar-refractivity contribution in [2.75, 3.05) is 19.6 Å². The average Bonchev–Trinajstić information content (AvgIpc) is 2.66. The lowest BCUT2D eigenvalue weighted by Crippen LogP contribution is -2.46. The molecule has 2 aliphatic rings. The fourth-order valence-corrected chi connectivity index (χ4v) is 3.62. The Bertz CT molecular complexity index is 245. The van der Waals surface area contributed by atoms with Crippen molar-refractivity contribution in [3.05, 3.63) is 12.7 Å². The van der Waals surface area contributed by atoms with Crippen LogP contribution in [0.2, 0.25) is 0 Å². The quantitative estimate of drug-likeness (QED) is 0.771. The second kappa shape index (κ2) is 7.30. The zero-order chi connectivity index (χ0) is 12.8. The number of nitrogens with one attached hydrogen (secondary N) is 1. The molecule has 1 saturated carbocycles. The maximum atomic E-state index is 3.89. The summed E-state index contributed by atoms with van der Waals surface area (Å²) in [6, 6.07) is 1.40. The molecule has 1 aliphatic carbocycles. The van der Waals surface area contributed by atoms with Gasteiger partial charge in [0.25, 0.3) is 0 Å². The summed E-state index contributed by atoms with van der Waals surface area (Å²) in [5.41, 5.74) is 0. The van der Waals surface area contributed by atoms with Crippen LogP contribution >= 0.6 is 0 Å². The first kappa shape index (κ1) is 14.1. The van der Waals surface area contributed by atoms with Gasteiger partial charge in [0.2, 0.25) is 0 Å². The largest absolute Gasteiger partial charge is 0.312 e. The van der Waals surface area contributed by atoms with Gasteiger partial charge < -0.3 is 5.32 Å². The second-order valence-electron chi connectivity index (χ2n) is 6.18. The summed E-state index contributed by atoms with van der Waals surface area (Å²) in [4.78, 5) is 2.68. The van der Waals surface area contributed by atoms with E-state index >= 15 is 0 Å². The molecule has 1 heterocycles. The molecule has 2 heteroatoms. The highest BCUT2D eigenvalue weighted by Gasteiger charge is 2.28. The Hall–Kier alpha value is -0.340. The van der Waals surface area contributed by atoms with E-state index < -0.39 is 0 Å². The molecule has 1 saturated heterocycles. The molecular weight excluding hydrogens is 220 g/mol. The Morgan fingerprint density at radius 3 is 2.78 bits per heavy atom. The van der Waals surface area contributed by atoms with Crippen molar-refractivity contribution in [1.82, 2.24) is 10.2 Å². The van der Waals surface area contributed by atoms with E-state index in [-0.39, 0.29) is 0 Å². The Kier molecular flexibility index (Phi) is 5.71. The fourth-order valence-electron chi connectivity index (χ4n) is 3.62. The molecule has 1 aliphatic heterocycles. The first-order valence-corrected chi connectivity index (χ1v) is 7.89. The third kappa shape index (κ3) is 3.83. The first-order chi connectivity index (χ1) is 8.81. The highest BCUT2D eigenvalue weighted by Crippen LogP contribution is 2.28. The van der Waals surface area contributed by atoms with Gasteiger partial charge in [0, 0.05) is 18.6 Å². The summed E-state index contributed by atoms with van der Waals surface area (Å²) >= 11 is 0. The topological polar surface area (TPSA) is 15.3 Å². The van der Waals surface area contributed by atoms with Crippen molar-refractivity contribution in [3.8, 4) is 0 Å². The normalized spacial score (nSPS) is 29.7. The predicted molar refractivity (Wildman–Crippen MR) is 78.8 cm³/mol. The molecule has 2 fully saturated rings. The van der Waals surface area contributed by atoms with E-state index in [2.05, 4.69) is 29.8 Å². The van der Waals surface area contributed by atoms with Gasteiger partial charge in [0.15, 0.2) is 0 Å². The molecule has 0 spiro atoms. The van der Waals surface area contributed by atoms with Gasteiger partial charge in [-0.2, -0.15) is 0 Å². The van der Waals surface area contributed by atoms with Gasteiger partial charge in [-0.25, -0.2) is 0 Å². The van der Waals surface area contributed by atoms with Crippen LogP contribution < -0.4 is 5.32 Å². The van der Waals surface area contributed by atoms with Gasteiger partial charge in [0.1, 0.15) is 0 Å². The van der Waals surface area contributed by atoms with Crippen LogP contribution in [0.4, 0.5) is 0 Å². The highest BCUT2D eigenvalue weighted by atomic mass is 15.2. The van der Waals surface area contributed by atoms with E-state index in [1.54, 1.807) is 0 Å². The Balaban J connectivity index is 1.91. The van der Waals surface area contributed by atoms with Crippen LogP contribution in [-0.2, 0) is 0 Å². The molecule has 0 aromatic rings. The summed E-state index contributed by atoms with van der Waals surface area (Å²) in [6.45, 7) is 9.95. The van der Waals surface area contributed by atoms with Gasteiger partial charge >= 0.3 is 0 Å². The van der Waals surface area contributed by atoms with Crippen LogP contribution in [0.1, 0.15) is 51.9 Å². The number of hydrogen-bond donors (Lipinski definition) is 1. The lowest BCUT2D eigenvalue weighted by Gasteiger charge is -2.35. The fraction of sp³-hybridized carbons (Fsp3) is 0.875. The molecule has 2 nitrogen and oxygen atoms in total. The van der Waals surface area contributed by atoms with Crippen LogP contribution in [0.15, 0.2) is 12.7 Å². The number of rotatable bonds is 4. The summed E-state index contributed by atoms with van der Waals surface area (Å²) in [7, 11) is 0. The van der Waals surface area contributed by atoms with Gasteiger partial charge in [0.05, 0.1) is 0 Å². The predicted octanol–water partition coefficient (Wildman–Crippen LogP) is 3.20. The zero-order valence-electron chi connectivity index (χ0n) is 12.0. The Morgan fingerprint density at radius 2 is 2.06 bits per heavy atom. The minimum atomic E-state index is 0.661. The molecule has 0 bridgehead atoms. The first-order valence-electron chi connectivity index (χ1n) is 7.89. The molecule has 0 aromatic heterocycles. The molecule has 0 aromatic carbocycles. The van der Waals surface area contributed by atoms with Crippen LogP contribution in [0.5, 0.6) is 0 Å². The van der Waals surface area contributed by atoms with E-state index in [0.717, 1.165) is 18.4 Å². The zero-order valence-corrected chi connectivity index (χ0v) is 12.0. The van der Waals surface area contributed by atoms with E-state index in [4.69, 9.17) is 0 Å². The summed E-state index contributed by atoms with van der Waals surface area (Å²) in [5, 5.41) is 3.81. The SMILES string of the molecule is C=CCC(C)N1CCCNC(C2CCCCC2)C1. The minimum absolute atomic E-state index is 0.661. The average molecular weight is 250 g/mol. The minimum Gasteiger partial charge on any atom is -0.312 e. The molecule has 2 atom stereocenters. The molecule has 18 heavy (non-hydrogen) atoms. The third-order valence-electron chi connectivity index (χ3n) is 4.81. The van der Waals surface area contributed by atoms with E-state index in [1.807, 2.05) is 0 Å². The molecule has 2 unspecified atom stereocenters. The Morgan fingerprint density at radius 1 is 1.28 bits per heavy atom. The van der Waals surface area contributed by atoms with Crippen molar-refractivity contribution in [2.45, 2.75) is 64.0 Å². The van der Waals surface area contributed by atoms with E-state index in [0.29, 0.717) is 6.04 Å². The lowest BCUT2D eigenvalue weighted by molar-refractivity contribution is 0.170. The maximum absolute atomic E-state index is 3.89. The smallest absolute Gasteiger partial charge is 0.0223 e. The van der Waals surface area contributed by atoms with Crippen LogP contribution in [0.25, 0.3) is 0 Å². The molecule has 0 radical (unpaired) electrons. The van der Waals surface area contributed by atoms with Crippen LogP contribution in [-0.4, -0.2) is 36.6 Å². The van der Waals surface area contributed by atoms with Gasteiger partial charge in [-0.15, -0.1) is 6.58 Å². The highest BCUT2D eigenvalue weighted by molar-refractivity contribution is 4.87. The van der Waals surface area contributed by atoms with Crippen LogP contribution in [0, 0.1) is 5.92 Å². The lowest BCUT2D eigenvalue weighted by atomic mass is 9.83. The summed E-state index contributed by atoms with van der Waals surface area (Å²) < 4.78 is 0. The summed E-state index contributed by atoms with van der Waals surface area (Å²) in [5.74, 6) is 0.926. The third-order valence-corrected chi connectivity index (χ3v) is 4.81. The maximum Gasteiger partial charge on any atom is 0.0223 e. The molecule has 2 rings (SSSR count). The van der Waals surface area contributed by atoms with Crippen molar-refractivity contribution in [3.63, 3.8) is 0 Å². The van der Waals surface area contributed by atoms with Crippen molar-refractivity contribution >= 4 is 0 Å². The van der Waals surface area contributed by atoms with Crippen LogP contribution in [0.3, 0.4) is 0 Å². The van der Waals surface area contributed by atoms with Crippen molar-refractivity contribution in [2.24, 2.45) is 5.92 Å². The molecule has 104 valence electrons. The van der Waals surface area contributed by atoms with E-state index in [1.165, 1.54) is 58.2 Å². The Labute approximate surface area is 113 Å². The van der Waals surface area contributed by atoms with Gasteiger partial charge in [-0.05, 0) is 51.6 Å². The van der Waals surface area contributed by atoms with Gasteiger partial charge in [-0.3, -0.25) is 4.90 Å². The molecular formula is C16H30N2. The number of nitrogens with zero attached hydrogens (tertiary/aromatic N) is 1. The second-order valence-corrected chi connectivity index (χ2v) is 6.18. The molecule has 0 amide bonds. The monoisotopic (exact) mass is 250 g/mol. The number of hydrogen-bond acceptors (Lipinski definition) is 2. The van der Waals surface area contributed by atoms with Gasteiger partial charge in [-0.1, -0.05) is 25.3 Å². The van der Waals surface area contributed by atoms with Crippen molar-refractivity contribution < 1.29 is 0 Å². The van der Waals surface area contributed by atoms with E-state index in [9.17, 15) is 0 Å².